The molecule has 0 saturated carbocycles. The summed E-state index contributed by atoms with van der Waals surface area (Å²) in [7, 11) is 0. The van der Waals surface area contributed by atoms with Crippen molar-refractivity contribution >= 4 is 23.6 Å². The van der Waals surface area contributed by atoms with Crippen molar-refractivity contribution in [3.8, 4) is 0 Å². The Bertz CT molecular complexity index is 506. The number of thioether (sulfide) groups is 1. The van der Waals surface area contributed by atoms with E-state index in [1.807, 2.05) is 19.9 Å². The topological polar surface area (TPSA) is 70.5 Å². The number of amides is 1. The van der Waals surface area contributed by atoms with Gasteiger partial charge in [-0.25, -0.2) is 9.78 Å². The second-order valence-electron chi connectivity index (χ2n) is 4.43. The van der Waals surface area contributed by atoms with Gasteiger partial charge in [-0.1, -0.05) is 13.0 Å². The van der Waals surface area contributed by atoms with Gasteiger partial charge >= 0.3 is 5.97 Å². The van der Waals surface area contributed by atoms with Crippen molar-refractivity contribution in [1.29, 1.82) is 0 Å². The van der Waals surface area contributed by atoms with Crippen molar-refractivity contribution in [2.24, 2.45) is 0 Å². The number of rotatable bonds is 3. The predicted molar refractivity (Wildman–Crippen MR) is 73.1 cm³/mol. The molecule has 6 heteroatoms. The third-order valence-corrected chi connectivity index (χ3v) is 4.52. The fourth-order valence-electron chi connectivity index (χ4n) is 2.14. The van der Waals surface area contributed by atoms with Crippen LogP contribution in [0.4, 0.5) is 0 Å². The molecule has 1 aromatic rings. The molecular formula is C13H16N2O3S. The highest BCUT2D eigenvalue weighted by atomic mass is 32.2. The van der Waals surface area contributed by atoms with E-state index >= 15 is 0 Å². The number of carbonyl (C=O) groups is 2. The molecule has 5 nitrogen and oxygen atoms in total. The van der Waals surface area contributed by atoms with Gasteiger partial charge in [-0.3, -0.25) is 4.79 Å². The van der Waals surface area contributed by atoms with Gasteiger partial charge in [0.2, 0.25) is 0 Å². The summed E-state index contributed by atoms with van der Waals surface area (Å²) in [6.45, 7) is 3.76. The van der Waals surface area contributed by atoms with Crippen molar-refractivity contribution < 1.29 is 14.7 Å². The van der Waals surface area contributed by atoms with E-state index in [1.165, 1.54) is 16.7 Å². The van der Waals surface area contributed by atoms with E-state index in [4.69, 9.17) is 0 Å². The fraction of sp³-hybridized carbons (Fsp3) is 0.462. The summed E-state index contributed by atoms with van der Waals surface area (Å²) in [4.78, 5) is 29.4. The molecule has 0 radical (unpaired) electrons. The first kappa shape index (κ1) is 13.9. The number of hydrogen-bond acceptors (Lipinski definition) is 4. The molecule has 1 aliphatic rings. The van der Waals surface area contributed by atoms with Crippen LogP contribution in [0.5, 0.6) is 0 Å². The molecule has 1 aromatic heterocycles. The highest BCUT2D eigenvalue weighted by Crippen LogP contribution is 2.32. The Balaban J connectivity index is 2.31. The maximum atomic E-state index is 12.5. The minimum atomic E-state index is -0.954. The van der Waals surface area contributed by atoms with Crippen LogP contribution in [0, 0.1) is 6.92 Å². The highest BCUT2D eigenvalue weighted by molar-refractivity contribution is 8.00. The average molecular weight is 280 g/mol. The van der Waals surface area contributed by atoms with Crippen LogP contribution in [0.1, 0.15) is 29.5 Å². The first-order chi connectivity index (χ1) is 9.04. The van der Waals surface area contributed by atoms with E-state index in [2.05, 4.69) is 4.98 Å². The summed E-state index contributed by atoms with van der Waals surface area (Å²) >= 11 is 1.51. The number of carboxylic acids is 1. The first-order valence-corrected chi connectivity index (χ1v) is 7.20. The number of hydrogen-bond donors (Lipinski definition) is 1. The maximum absolute atomic E-state index is 12.5. The van der Waals surface area contributed by atoms with E-state index in [0.717, 1.165) is 12.1 Å². The normalized spacial score (nSPS) is 22.5. The molecule has 19 heavy (non-hydrogen) atoms. The maximum Gasteiger partial charge on any atom is 0.327 e. The Morgan fingerprint density at radius 3 is 2.84 bits per heavy atom. The van der Waals surface area contributed by atoms with Crippen LogP contribution in [0.2, 0.25) is 0 Å². The van der Waals surface area contributed by atoms with Crippen molar-refractivity contribution in [3.63, 3.8) is 0 Å². The molecule has 102 valence electrons. The van der Waals surface area contributed by atoms with E-state index in [1.54, 1.807) is 12.1 Å². The predicted octanol–water partition coefficient (Wildman–Crippen LogP) is 1.77. The lowest BCUT2D eigenvalue weighted by molar-refractivity contribution is -0.141. The van der Waals surface area contributed by atoms with Crippen LogP contribution >= 0.6 is 11.8 Å². The van der Waals surface area contributed by atoms with Gasteiger partial charge in [0.1, 0.15) is 11.7 Å². The van der Waals surface area contributed by atoms with Crippen LogP contribution in [0.3, 0.4) is 0 Å². The summed E-state index contributed by atoms with van der Waals surface area (Å²) in [6, 6.07) is 4.44. The number of nitrogens with zero attached hydrogens (tertiary/aromatic N) is 2. The fourth-order valence-corrected chi connectivity index (χ4v) is 3.48. The Morgan fingerprint density at radius 1 is 1.53 bits per heavy atom. The van der Waals surface area contributed by atoms with Gasteiger partial charge in [-0.15, -0.1) is 11.8 Å². The largest absolute Gasteiger partial charge is 0.480 e. The van der Waals surface area contributed by atoms with Crippen LogP contribution in [0.25, 0.3) is 0 Å². The molecule has 2 heterocycles. The minimum Gasteiger partial charge on any atom is -0.480 e. The van der Waals surface area contributed by atoms with E-state index in [-0.39, 0.29) is 11.3 Å². The van der Waals surface area contributed by atoms with Gasteiger partial charge in [0.25, 0.3) is 5.91 Å². The quantitative estimate of drug-likeness (QED) is 0.913. The number of pyridine rings is 1. The monoisotopic (exact) mass is 280 g/mol. The Labute approximate surface area is 116 Å². The Kier molecular flexibility index (Phi) is 4.09. The third-order valence-electron chi connectivity index (χ3n) is 3.07. The molecule has 2 unspecified atom stereocenters. The first-order valence-electron chi connectivity index (χ1n) is 6.15. The molecule has 2 rings (SSSR count). The second-order valence-corrected chi connectivity index (χ2v) is 5.64. The lowest BCUT2D eigenvalue weighted by atomic mass is 10.2. The molecule has 0 bridgehead atoms. The van der Waals surface area contributed by atoms with Crippen molar-refractivity contribution in [1.82, 2.24) is 9.88 Å². The summed E-state index contributed by atoms with van der Waals surface area (Å²) in [5, 5.41) is 9.13. The molecular weight excluding hydrogens is 264 g/mol. The average Bonchev–Trinajstić information content (AvgIpc) is 2.81. The molecule has 0 aromatic carbocycles. The smallest absolute Gasteiger partial charge is 0.327 e. The number of carboxylic acid groups (broad SMARTS) is 1. The van der Waals surface area contributed by atoms with Crippen LogP contribution < -0.4 is 0 Å². The van der Waals surface area contributed by atoms with Crippen LogP contribution in [0.15, 0.2) is 18.2 Å². The Hall–Kier alpha value is -1.56. The van der Waals surface area contributed by atoms with E-state index in [9.17, 15) is 14.7 Å². The third kappa shape index (κ3) is 2.73. The second kappa shape index (κ2) is 5.61. The van der Waals surface area contributed by atoms with Crippen molar-refractivity contribution in [3.05, 3.63) is 29.6 Å². The van der Waals surface area contributed by atoms with Crippen molar-refractivity contribution in [2.45, 2.75) is 31.7 Å². The zero-order valence-electron chi connectivity index (χ0n) is 10.9. The summed E-state index contributed by atoms with van der Waals surface area (Å²) in [5.41, 5.74) is 1.06. The summed E-state index contributed by atoms with van der Waals surface area (Å²) < 4.78 is 0. The number of carbonyl (C=O) groups excluding carboxylic acids is 1. The molecule has 1 saturated heterocycles. The van der Waals surface area contributed by atoms with Gasteiger partial charge in [-0.2, -0.15) is 0 Å². The zero-order valence-corrected chi connectivity index (χ0v) is 11.7. The van der Waals surface area contributed by atoms with Gasteiger partial charge in [-0.05, 0) is 25.5 Å². The minimum absolute atomic E-state index is 0.0871. The zero-order chi connectivity index (χ0) is 14.0. The van der Waals surface area contributed by atoms with Crippen molar-refractivity contribution in [2.75, 3.05) is 5.75 Å². The molecule has 2 atom stereocenters. The standard InChI is InChI=1S/C13H16N2O3S/c1-3-11-15(10(7-19-11)13(17)18)12(16)9-6-4-5-8(2)14-9/h4-6,10-11H,3,7H2,1-2H3,(H,17,18). The van der Waals surface area contributed by atoms with Crippen LogP contribution in [-0.4, -0.2) is 44.0 Å². The number of aryl methyl sites for hydroxylation is 1. The van der Waals surface area contributed by atoms with Gasteiger partial charge in [0.15, 0.2) is 0 Å². The van der Waals surface area contributed by atoms with Gasteiger partial charge in [0, 0.05) is 11.4 Å². The number of aliphatic carboxylic acids is 1. The van der Waals surface area contributed by atoms with E-state index in [0.29, 0.717) is 11.4 Å². The Morgan fingerprint density at radius 2 is 2.26 bits per heavy atom. The molecule has 1 aliphatic heterocycles. The van der Waals surface area contributed by atoms with Crippen LogP contribution in [-0.2, 0) is 4.79 Å². The molecule has 0 aliphatic carbocycles. The summed E-state index contributed by atoms with van der Waals surface area (Å²) in [6.07, 6.45) is 0.728. The van der Waals surface area contributed by atoms with E-state index < -0.39 is 12.0 Å². The van der Waals surface area contributed by atoms with Gasteiger partial charge in [0.05, 0.1) is 5.37 Å². The molecule has 1 N–H and O–H groups in total. The lowest BCUT2D eigenvalue weighted by Gasteiger charge is -2.26. The molecule has 1 amide bonds. The van der Waals surface area contributed by atoms with Gasteiger partial charge < -0.3 is 10.0 Å². The SMILES string of the molecule is CCC1SCC(C(=O)O)N1C(=O)c1cccc(C)n1. The highest BCUT2D eigenvalue weighted by Gasteiger charge is 2.41. The lowest BCUT2D eigenvalue weighted by Crippen LogP contribution is -2.45. The number of aromatic nitrogens is 1. The summed E-state index contributed by atoms with van der Waals surface area (Å²) in [5.74, 6) is -0.816. The molecule has 0 spiro atoms. The molecule has 1 fully saturated rings.